The molecule has 2 aromatic rings. The van der Waals surface area contributed by atoms with Gasteiger partial charge in [-0.2, -0.15) is 4.68 Å². The summed E-state index contributed by atoms with van der Waals surface area (Å²) in [4.78, 5) is 11.5. The average Bonchev–Trinajstić information content (AvgIpc) is 2.77. The number of aromatic nitrogens is 2. The molecular weight excluding hydrogens is 255 g/mol. The smallest absolute Gasteiger partial charge is 0.394 e. The molecule has 0 bridgehead atoms. The molecule has 7 heteroatoms. The highest BCUT2D eigenvalue weighted by Crippen LogP contribution is 2.15. The van der Waals surface area contributed by atoms with Gasteiger partial charge in [-0.3, -0.25) is 0 Å². The van der Waals surface area contributed by atoms with Crippen LogP contribution in [0.4, 0.5) is 4.39 Å². The molecule has 0 saturated heterocycles. The minimum absolute atomic E-state index is 0.0749. The molecule has 0 saturated carbocycles. The number of hydrogen-bond donors (Lipinski definition) is 1. The third kappa shape index (κ3) is 3.49. The topological polar surface area (TPSA) is 77.5 Å². The van der Waals surface area contributed by atoms with E-state index >= 15 is 0 Å². The Balaban J connectivity index is 2.08. The lowest BCUT2D eigenvalue weighted by atomic mass is 10.2. The summed E-state index contributed by atoms with van der Waals surface area (Å²) in [6.07, 6.45) is 0. The lowest BCUT2D eigenvalue weighted by Crippen LogP contribution is -2.19. The fourth-order valence-corrected chi connectivity index (χ4v) is 1.47. The Labute approximate surface area is 108 Å². The molecule has 0 unspecified atom stereocenters. The average molecular weight is 268 g/mol. The number of aliphatic hydroxyl groups excluding tert-OH is 1. The van der Waals surface area contributed by atoms with Gasteiger partial charge in [0.05, 0.1) is 26.4 Å². The summed E-state index contributed by atoms with van der Waals surface area (Å²) in [6.45, 7) is 0.603. The maximum absolute atomic E-state index is 12.8. The van der Waals surface area contributed by atoms with Gasteiger partial charge in [0.1, 0.15) is 5.82 Å². The van der Waals surface area contributed by atoms with Gasteiger partial charge in [-0.15, -0.1) is 5.10 Å². The standard InChI is InChI=1S/C12H13FN2O4/c13-10-3-1-9(2-4-10)11-14-15(12(17)19-11)5-7-18-8-6-16/h1-4,16H,5-8H2. The second kappa shape index (κ2) is 6.26. The molecule has 0 amide bonds. The van der Waals surface area contributed by atoms with Gasteiger partial charge in [-0.1, -0.05) is 0 Å². The Kier molecular flexibility index (Phi) is 4.43. The van der Waals surface area contributed by atoms with Crippen molar-refractivity contribution < 1.29 is 18.7 Å². The van der Waals surface area contributed by atoms with E-state index in [-0.39, 0.29) is 38.1 Å². The number of halogens is 1. The highest BCUT2D eigenvalue weighted by atomic mass is 19.1. The molecule has 2 rings (SSSR count). The summed E-state index contributed by atoms with van der Waals surface area (Å²) < 4.78 is 23.9. The zero-order valence-corrected chi connectivity index (χ0v) is 10.1. The number of nitrogens with zero attached hydrogens (tertiary/aromatic N) is 2. The third-order valence-corrected chi connectivity index (χ3v) is 2.38. The molecule has 19 heavy (non-hydrogen) atoms. The maximum Gasteiger partial charge on any atom is 0.437 e. The Morgan fingerprint density at radius 1 is 1.32 bits per heavy atom. The molecule has 0 aliphatic rings. The van der Waals surface area contributed by atoms with E-state index in [4.69, 9.17) is 14.3 Å². The monoisotopic (exact) mass is 268 g/mol. The van der Waals surface area contributed by atoms with Crippen LogP contribution in [0.1, 0.15) is 0 Å². The van der Waals surface area contributed by atoms with E-state index in [0.717, 1.165) is 4.68 Å². The van der Waals surface area contributed by atoms with E-state index < -0.39 is 5.76 Å². The maximum atomic E-state index is 12.8. The first-order chi connectivity index (χ1) is 9.20. The van der Waals surface area contributed by atoms with Crippen LogP contribution in [-0.2, 0) is 11.3 Å². The highest BCUT2D eigenvalue weighted by molar-refractivity contribution is 5.51. The van der Waals surface area contributed by atoms with E-state index in [1.54, 1.807) is 0 Å². The second-order valence-electron chi connectivity index (χ2n) is 3.74. The normalized spacial score (nSPS) is 10.8. The van der Waals surface area contributed by atoms with Crippen molar-refractivity contribution in [3.63, 3.8) is 0 Å². The summed E-state index contributed by atoms with van der Waals surface area (Å²) in [5.41, 5.74) is 0.522. The van der Waals surface area contributed by atoms with Crippen LogP contribution in [0.3, 0.4) is 0 Å². The first-order valence-corrected chi connectivity index (χ1v) is 5.73. The molecule has 0 fully saturated rings. The molecule has 0 aliphatic heterocycles. The van der Waals surface area contributed by atoms with Crippen LogP contribution >= 0.6 is 0 Å². The minimum Gasteiger partial charge on any atom is -0.394 e. The lowest BCUT2D eigenvalue weighted by Gasteiger charge is -1.99. The fraction of sp³-hybridized carbons (Fsp3) is 0.333. The summed E-state index contributed by atoms with van der Waals surface area (Å²) >= 11 is 0. The number of rotatable bonds is 6. The van der Waals surface area contributed by atoms with Crippen molar-refractivity contribution in [2.45, 2.75) is 6.54 Å². The molecule has 0 aliphatic carbocycles. The number of aliphatic hydroxyl groups is 1. The Bertz CT molecular complexity index is 576. The van der Waals surface area contributed by atoms with Crippen molar-refractivity contribution in [1.82, 2.24) is 9.78 Å². The molecule has 1 aromatic heterocycles. The molecule has 0 atom stereocenters. The molecule has 6 nitrogen and oxygen atoms in total. The largest absolute Gasteiger partial charge is 0.437 e. The first-order valence-electron chi connectivity index (χ1n) is 5.73. The summed E-state index contributed by atoms with van der Waals surface area (Å²) in [7, 11) is 0. The van der Waals surface area contributed by atoms with Crippen LogP contribution in [0.25, 0.3) is 11.5 Å². The molecule has 0 radical (unpaired) electrons. The first kappa shape index (κ1) is 13.4. The number of benzene rings is 1. The minimum atomic E-state index is -0.605. The van der Waals surface area contributed by atoms with E-state index in [1.165, 1.54) is 24.3 Å². The van der Waals surface area contributed by atoms with E-state index in [2.05, 4.69) is 5.10 Å². The SMILES string of the molecule is O=c1oc(-c2ccc(F)cc2)nn1CCOCCO. The summed E-state index contributed by atoms with van der Waals surface area (Å²) in [6, 6.07) is 5.48. The van der Waals surface area contributed by atoms with Crippen LogP contribution in [0.5, 0.6) is 0 Å². The molecular formula is C12H13FN2O4. The zero-order valence-electron chi connectivity index (χ0n) is 10.1. The van der Waals surface area contributed by atoms with Crippen molar-refractivity contribution in [2.75, 3.05) is 19.8 Å². The van der Waals surface area contributed by atoms with Crippen LogP contribution in [0.15, 0.2) is 33.5 Å². The van der Waals surface area contributed by atoms with Gasteiger partial charge >= 0.3 is 5.76 Å². The van der Waals surface area contributed by atoms with Gasteiger partial charge in [0.2, 0.25) is 5.89 Å². The highest BCUT2D eigenvalue weighted by Gasteiger charge is 2.10. The van der Waals surface area contributed by atoms with Gasteiger partial charge in [-0.25, -0.2) is 9.18 Å². The third-order valence-electron chi connectivity index (χ3n) is 2.38. The molecule has 1 aromatic carbocycles. The van der Waals surface area contributed by atoms with Crippen LogP contribution in [-0.4, -0.2) is 34.7 Å². The quantitative estimate of drug-likeness (QED) is 0.778. The van der Waals surface area contributed by atoms with Gasteiger partial charge < -0.3 is 14.3 Å². The van der Waals surface area contributed by atoms with Gasteiger partial charge in [0, 0.05) is 5.56 Å². The Hall–Kier alpha value is -1.99. The molecule has 1 heterocycles. The molecule has 1 N–H and O–H groups in total. The fourth-order valence-electron chi connectivity index (χ4n) is 1.47. The van der Waals surface area contributed by atoms with Gasteiger partial charge in [-0.05, 0) is 24.3 Å². The van der Waals surface area contributed by atoms with Crippen LogP contribution in [0, 0.1) is 5.82 Å². The van der Waals surface area contributed by atoms with E-state index in [0.29, 0.717) is 5.56 Å². The summed E-state index contributed by atoms with van der Waals surface area (Å²) in [5, 5.41) is 12.5. The summed E-state index contributed by atoms with van der Waals surface area (Å²) in [5.74, 6) is -0.845. The van der Waals surface area contributed by atoms with E-state index in [9.17, 15) is 9.18 Å². The second-order valence-corrected chi connectivity index (χ2v) is 3.74. The lowest BCUT2D eigenvalue weighted by molar-refractivity contribution is 0.0844. The number of ether oxygens (including phenoxy) is 1. The van der Waals surface area contributed by atoms with Gasteiger partial charge in [0.15, 0.2) is 0 Å². The molecule has 102 valence electrons. The Morgan fingerprint density at radius 3 is 2.74 bits per heavy atom. The van der Waals surface area contributed by atoms with Crippen LogP contribution < -0.4 is 5.76 Å². The van der Waals surface area contributed by atoms with Crippen molar-refractivity contribution in [3.05, 3.63) is 40.6 Å². The number of hydrogen-bond acceptors (Lipinski definition) is 5. The van der Waals surface area contributed by atoms with Crippen molar-refractivity contribution >= 4 is 0 Å². The zero-order chi connectivity index (χ0) is 13.7. The van der Waals surface area contributed by atoms with Gasteiger partial charge in [0.25, 0.3) is 0 Å². The van der Waals surface area contributed by atoms with Crippen molar-refractivity contribution in [1.29, 1.82) is 0 Å². The molecule has 0 spiro atoms. The van der Waals surface area contributed by atoms with Crippen molar-refractivity contribution in [3.8, 4) is 11.5 Å². The van der Waals surface area contributed by atoms with Crippen molar-refractivity contribution in [2.24, 2.45) is 0 Å². The predicted molar refractivity (Wildman–Crippen MR) is 64.1 cm³/mol. The Morgan fingerprint density at radius 2 is 2.05 bits per heavy atom. The predicted octanol–water partition coefficient (Wildman–Crippen LogP) is 0.651. The van der Waals surface area contributed by atoms with E-state index in [1.807, 2.05) is 0 Å². The van der Waals surface area contributed by atoms with Crippen LogP contribution in [0.2, 0.25) is 0 Å².